The summed E-state index contributed by atoms with van der Waals surface area (Å²) >= 11 is 1.66. The van der Waals surface area contributed by atoms with Gasteiger partial charge in [0.15, 0.2) is 6.29 Å². The number of nitrogens with zero attached hydrogens (tertiary/aromatic N) is 1. The molecule has 2 saturated heterocycles. The Balaban J connectivity index is 1.17. The minimum absolute atomic E-state index is 0.0435. The molecule has 2 N–H and O–H groups in total. The molecule has 0 aromatic heterocycles. The summed E-state index contributed by atoms with van der Waals surface area (Å²) in [5.74, 6) is -1.13. The molecule has 2 fully saturated rings. The lowest BCUT2D eigenvalue weighted by atomic mass is 9.99. The largest absolute Gasteiger partial charge is 0.496 e. The van der Waals surface area contributed by atoms with Gasteiger partial charge >= 0.3 is 12.1 Å². The van der Waals surface area contributed by atoms with Gasteiger partial charge in [-0.15, -0.1) is 11.8 Å². The molecule has 6 rings (SSSR count). The number of carbonyl (C=O) groups excluding carboxylic acids is 2. The molecule has 0 radical (unpaired) electrons. The van der Waals surface area contributed by atoms with E-state index in [9.17, 15) is 27.9 Å². The third kappa shape index (κ3) is 8.93. The van der Waals surface area contributed by atoms with Crippen LogP contribution in [0, 0.1) is 0 Å². The standard InChI is InChI=1S/C39H39F3N2O6S/c1-48-33-12-2-3-13-35(33)51-24-31-21-34(27-16-14-25(23-45)15-17-27)50-37(49-31)30-10-5-9-29(20-30)28-8-4-7-26(19-28)22-43-36(46)32-11-6-18-44(32)38(47)39(40,41)42/h2-5,7-10,12-17,19-20,31-32,34,37,45H,6,11,18,21-24H2,1H3,(H,43,46)/t31-,32+,34+,37+/m1/s1. The topological polar surface area (TPSA) is 97.3 Å². The van der Waals surface area contributed by atoms with Gasteiger partial charge in [-0.05, 0) is 64.9 Å². The van der Waals surface area contributed by atoms with Gasteiger partial charge in [0.05, 0.1) is 25.9 Å². The zero-order valence-electron chi connectivity index (χ0n) is 28.0. The van der Waals surface area contributed by atoms with Crippen molar-refractivity contribution in [2.24, 2.45) is 0 Å². The predicted octanol–water partition coefficient (Wildman–Crippen LogP) is 7.36. The molecule has 2 heterocycles. The van der Waals surface area contributed by atoms with E-state index in [1.807, 2.05) is 97.1 Å². The van der Waals surface area contributed by atoms with Crippen LogP contribution >= 0.6 is 11.8 Å². The van der Waals surface area contributed by atoms with Crippen molar-refractivity contribution in [3.05, 3.63) is 119 Å². The van der Waals surface area contributed by atoms with Gasteiger partial charge in [0.25, 0.3) is 0 Å². The van der Waals surface area contributed by atoms with E-state index >= 15 is 0 Å². The van der Waals surface area contributed by atoms with Crippen LogP contribution in [0.2, 0.25) is 0 Å². The Labute approximate surface area is 298 Å². The minimum atomic E-state index is -5.03. The van der Waals surface area contributed by atoms with Crippen LogP contribution in [0.15, 0.2) is 102 Å². The smallest absolute Gasteiger partial charge is 0.471 e. The van der Waals surface area contributed by atoms with E-state index in [0.717, 1.165) is 44.0 Å². The summed E-state index contributed by atoms with van der Waals surface area (Å²) in [6, 6.07) is 29.8. The lowest BCUT2D eigenvalue weighted by Gasteiger charge is -2.36. The Kier molecular flexibility index (Phi) is 11.7. The summed E-state index contributed by atoms with van der Waals surface area (Å²) in [6.07, 6.45) is -4.95. The van der Waals surface area contributed by atoms with Crippen molar-refractivity contribution < 1.29 is 42.1 Å². The number of thioether (sulfide) groups is 1. The maximum atomic E-state index is 13.1. The van der Waals surface area contributed by atoms with Gasteiger partial charge in [-0.3, -0.25) is 9.59 Å². The van der Waals surface area contributed by atoms with Crippen molar-refractivity contribution in [2.75, 3.05) is 19.4 Å². The van der Waals surface area contributed by atoms with E-state index in [2.05, 4.69) is 5.32 Å². The zero-order chi connectivity index (χ0) is 36.0. The first kappa shape index (κ1) is 36.4. The fourth-order valence-electron chi connectivity index (χ4n) is 6.42. The predicted molar refractivity (Wildman–Crippen MR) is 187 cm³/mol. The first-order valence-corrected chi connectivity index (χ1v) is 17.7. The molecule has 51 heavy (non-hydrogen) atoms. The lowest BCUT2D eigenvalue weighted by Crippen LogP contribution is -2.50. The van der Waals surface area contributed by atoms with Crippen molar-refractivity contribution in [1.82, 2.24) is 10.2 Å². The number of hydrogen-bond acceptors (Lipinski definition) is 7. The molecule has 0 bridgehead atoms. The number of aliphatic hydroxyl groups is 1. The van der Waals surface area contributed by atoms with Crippen LogP contribution in [-0.2, 0) is 32.2 Å². The van der Waals surface area contributed by atoms with E-state index in [0.29, 0.717) is 23.5 Å². The molecule has 2 amide bonds. The highest BCUT2D eigenvalue weighted by molar-refractivity contribution is 7.99. The van der Waals surface area contributed by atoms with E-state index in [4.69, 9.17) is 14.2 Å². The molecule has 2 aliphatic rings. The Bertz CT molecular complexity index is 1820. The number of benzene rings is 4. The van der Waals surface area contributed by atoms with E-state index in [-0.39, 0.29) is 38.3 Å². The molecule has 0 aliphatic carbocycles. The summed E-state index contributed by atoms with van der Waals surface area (Å²) in [6.45, 7) is -0.0546. The second kappa shape index (κ2) is 16.3. The van der Waals surface area contributed by atoms with Gasteiger partial charge in [-0.25, -0.2) is 0 Å². The summed E-state index contributed by atoms with van der Waals surface area (Å²) in [4.78, 5) is 26.3. The molecule has 8 nitrogen and oxygen atoms in total. The molecular formula is C39H39F3N2O6S. The van der Waals surface area contributed by atoms with Gasteiger partial charge in [-0.1, -0.05) is 72.8 Å². The second-order valence-electron chi connectivity index (χ2n) is 12.5. The zero-order valence-corrected chi connectivity index (χ0v) is 28.8. The van der Waals surface area contributed by atoms with E-state index in [1.54, 1.807) is 18.9 Å². The Hall–Kier alpha value is -4.36. The van der Waals surface area contributed by atoms with Gasteiger partial charge in [0.1, 0.15) is 11.8 Å². The van der Waals surface area contributed by atoms with Crippen molar-refractivity contribution in [3.63, 3.8) is 0 Å². The molecule has 12 heteroatoms. The SMILES string of the molecule is COc1ccccc1SC[C@H]1C[C@@H](c2ccc(CO)cc2)O[C@@H](c2cccc(-c3cccc(CNC(=O)[C@@H]4CCCN4C(=O)C(F)(F)F)c3)c2)O1. The maximum Gasteiger partial charge on any atom is 0.471 e. The van der Waals surface area contributed by atoms with Crippen LogP contribution in [0.1, 0.15) is 53.9 Å². The van der Waals surface area contributed by atoms with Gasteiger partial charge < -0.3 is 29.5 Å². The van der Waals surface area contributed by atoms with Crippen LogP contribution < -0.4 is 10.1 Å². The summed E-state index contributed by atoms with van der Waals surface area (Å²) < 4.78 is 57.9. The number of methoxy groups -OCH3 is 1. The maximum absolute atomic E-state index is 13.1. The van der Waals surface area contributed by atoms with Crippen molar-refractivity contribution in [1.29, 1.82) is 0 Å². The van der Waals surface area contributed by atoms with E-state index < -0.39 is 30.3 Å². The van der Waals surface area contributed by atoms with Crippen molar-refractivity contribution in [2.45, 2.75) is 68.0 Å². The average molecular weight is 721 g/mol. The van der Waals surface area contributed by atoms with Crippen LogP contribution in [0.25, 0.3) is 11.1 Å². The van der Waals surface area contributed by atoms with Crippen LogP contribution in [-0.4, -0.2) is 59.6 Å². The number of alkyl halides is 3. The summed E-state index contributed by atoms with van der Waals surface area (Å²) in [7, 11) is 1.65. The Morgan fingerprint density at radius 1 is 0.922 bits per heavy atom. The number of carbonyl (C=O) groups is 2. The minimum Gasteiger partial charge on any atom is -0.496 e. The summed E-state index contributed by atoms with van der Waals surface area (Å²) in [5, 5.41) is 12.3. The lowest BCUT2D eigenvalue weighted by molar-refractivity contribution is -0.245. The Morgan fingerprint density at radius 3 is 2.41 bits per heavy atom. The Morgan fingerprint density at radius 2 is 1.67 bits per heavy atom. The number of amides is 2. The van der Waals surface area contributed by atoms with Gasteiger partial charge in [-0.2, -0.15) is 13.2 Å². The first-order valence-electron chi connectivity index (χ1n) is 16.7. The monoisotopic (exact) mass is 720 g/mol. The molecule has 0 spiro atoms. The number of ether oxygens (including phenoxy) is 3. The van der Waals surface area contributed by atoms with Crippen LogP contribution in [0.5, 0.6) is 5.75 Å². The number of aliphatic hydroxyl groups excluding tert-OH is 1. The van der Waals surface area contributed by atoms with Gasteiger partial charge in [0, 0.05) is 35.7 Å². The number of nitrogens with one attached hydrogen (secondary N) is 1. The fourth-order valence-corrected chi connectivity index (χ4v) is 7.47. The normalized spacial score (nSPS) is 20.6. The highest BCUT2D eigenvalue weighted by atomic mass is 32.2. The van der Waals surface area contributed by atoms with Crippen LogP contribution in [0.4, 0.5) is 13.2 Å². The third-order valence-electron chi connectivity index (χ3n) is 9.05. The fraction of sp³-hybridized carbons (Fsp3) is 0.333. The highest BCUT2D eigenvalue weighted by Gasteiger charge is 2.47. The molecule has 268 valence electrons. The molecule has 4 aromatic rings. The number of halogens is 3. The number of para-hydroxylation sites is 1. The second-order valence-corrected chi connectivity index (χ2v) is 13.6. The molecule has 0 saturated carbocycles. The highest BCUT2D eigenvalue weighted by Crippen LogP contribution is 2.41. The van der Waals surface area contributed by atoms with Crippen LogP contribution in [0.3, 0.4) is 0 Å². The average Bonchev–Trinajstić information content (AvgIpc) is 3.66. The first-order chi connectivity index (χ1) is 24.6. The number of rotatable bonds is 11. The quantitative estimate of drug-likeness (QED) is 0.156. The third-order valence-corrected chi connectivity index (χ3v) is 10.2. The van der Waals surface area contributed by atoms with Crippen molar-refractivity contribution >= 4 is 23.6 Å². The molecule has 4 aromatic carbocycles. The van der Waals surface area contributed by atoms with Crippen molar-refractivity contribution in [3.8, 4) is 16.9 Å². The molecular weight excluding hydrogens is 681 g/mol. The van der Waals surface area contributed by atoms with Gasteiger partial charge in [0.2, 0.25) is 5.91 Å². The molecule has 2 aliphatic heterocycles. The summed E-state index contributed by atoms with van der Waals surface area (Å²) in [5.41, 5.74) is 5.14. The van der Waals surface area contributed by atoms with E-state index in [1.165, 1.54) is 0 Å². The number of hydrogen-bond donors (Lipinski definition) is 2. The number of likely N-dealkylation sites (tertiary alicyclic amines) is 1. The molecule has 4 atom stereocenters. The molecule has 0 unspecified atom stereocenters.